The van der Waals surface area contributed by atoms with Crippen molar-refractivity contribution in [3.8, 4) is 0 Å². The number of carbonyl (C=O) groups excluding carboxylic acids is 1. The molecule has 3 rings (SSSR count). The summed E-state index contributed by atoms with van der Waals surface area (Å²) in [6.45, 7) is 3.53. The van der Waals surface area contributed by atoms with Crippen LogP contribution in [0.4, 0.5) is 18.3 Å². The summed E-state index contributed by atoms with van der Waals surface area (Å²) in [6.07, 6.45) is -4.48. The van der Waals surface area contributed by atoms with Crippen molar-refractivity contribution < 1.29 is 18.0 Å². The average molecular weight is 368 g/mol. The van der Waals surface area contributed by atoms with Crippen LogP contribution in [-0.2, 0) is 17.5 Å². The number of thiazole rings is 1. The van der Waals surface area contributed by atoms with E-state index in [1.807, 2.05) is 25.1 Å². The van der Waals surface area contributed by atoms with E-state index in [1.165, 1.54) is 22.9 Å². The van der Waals surface area contributed by atoms with Gasteiger partial charge in [-0.05, 0) is 31.5 Å². The van der Waals surface area contributed by atoms with Crippen LogP contribution < -0.4 is 5.32 Å². The van der Waals surface area contributed by atoms with Crippen LogP contribution in [-0.4, -0.2) is 20.7 Å². The molecule has 0 saturated carbocycles. The summed E-state index contributed by atoms with van der Waals surface area (Å²) in [5.74, 6) is -0.319. The largest absolute Gasteiger partial charge is 0.435 e. The van der Waals surface area contributed by atoms with E-state index in [4.69, 9.17) is 0 Å². The highest BCUT2D eigenvalue weighted by Gasteiger charge is 2.34. The predicted octanol–water partition coefficient (Wildman–Crippen LogP) is 4.16. The Balaban J connectivity index is 1.65. The minimum atomic E-state index is -4.49. The van der Waals surface area contributed by atoms with Crippen molar-refractivity contribution in [2.75, 3.05) is 5.32 Å². The second kappa shape index (κ2) is 6.47. The molecule has 0 aliphatic carbocycles. The van der Waals surface area contributed by atoms with Crippen LogP contribution in [0.5, 0.6) is 0 Å². The van der Waals surface area contributed by atoms with E-state index in [2.05, 4.69) is 15.4 Å². The lowest BCUT2D eigenvalue weighted by Gasteiger charge is -2.05. The van der Waals surface area contributed by atoms with Gasteiger partial charge in [0.05, 0.1) is 10.2 Å². The maximum Gasteiger partial charge on any atom is 0.435 e. The summed E-state index contributed by atoms with van der Waals surface area (Å²) in [5, 5.41) is 6.67. The predicted molar refractivity (Wildman–Crippen MR) is 89.6 cm³/mol. The number of fused-ring (bicyclic) bond motifs is 1. The number of halogens is 3. The molecule has 2 aromatic heterocycles. The topological polar surface area (TPSA) is 59.8 Å². The van der Waals surface area contributed by atoms with Gasteiger partial charge in [0.15, 0.2) is 10.8 Å². The second-order valence-corrected chi connectivity index (χ2v) is 6.66. The summed E-state index contributed by atoms with van der Waals surface area (Å²) < 4.78 is 40.1. The third-order valence-corrected chi connectivity index (χ3v) is 4.63. The Morgan fingerprint density at radius 2 is 2.08 bits per heavy atom. The Labute approximate surface area is 145 Å². The minimum absolute atomic E-state index is 0.00866. The van der Waals surface area contributed by atoms with E-state index in [9.17, 15) is 18.0 Å². The van der Waals surface area contributed by atoms with Crippen molar-refractivity contribution in [2.24, 2.45) is 0 Å². The number of carbonyl (C=O) groups is 1. The molecule has 1 N–H and O–H groups in total. The Morgan fingerprint density at radius 1 is 1.32 bits per heavy atom. The van der Waals surface area contributed by atoms with Crippen molar-refractivity contribution in [3.05, 3.63) is 41.2 Å². The smallest absolute Gasteiger partial charge is 0.302 e. The second-order valence-electron chi connectivity index (χ2n) is 5.63. The summed E-state index contributed by atoms with van der Waals surface area (Å²) >= 11 is 1.36. The maximum absolute atomic E-state index is 12.6. The van der Waals surface area contributed by atoms with Gasteiger partial charge in [-0.2, -0.15) is 18.3 Å². The van der Waals surface area contributed by atoms with E-state index < -0.39 is 11.9 Å². The number of amides is 1. The lowest BCUT2D eigenvalue weighted by molar-refractivity contribution is -0.141. The lowest BCUT2D eigenvalue weighted by Crippen LogP contribution is -2.16. The van der Waals surface area contributed by atoms with E-state index >= 15 is 0 Å². The van der Waals surface area contributed by atoms with Crippen LogP contribution in [0.1, 0.15) is 23.4 Å². The highest BCUT2D eigenvalue weighted by molar-refractivity contribution is 7.22. The summed E-state index contributed by atoms with van der Waals surface area (Å²) in [7, 11) is 0. The molecule has 2 heterocycles. The zero-order valence-corrected chi connectivity index (χ0v) is 14.3. The van der Waals surface area contributed by atoms with Crippen LogP contribution >= 0.6 is 11.3 Å². The first-order valence-electron chi connectivity index (χ1n) is 7.51. The molecule has 9 heteroatoms. The summed E-state index contributed by atoms with van der Waals surface area (Å²) in [5.41, 5.74) is 1.25. The molecule has 0 spiro atoms. The van der Waals surface area contributed by atoms with Crippen LogP contribution in [0.15, 0.2) is 24.3 Å². The van der Waals surface area contributed by atoms with Crippen LogP contribution in [0.2, 0.25) is 0 Å². The minimum Gasteiger partial charge on any atom is -0.302 e. The highest BCUT2D eigenvalue weighted by atomic mass is 32.1. The van der Waals surface area contributed by atoms with Crippen LogP contribution in [0.25, 0.3) is 10.2 Å². The fraction of sp³-hybridized carbons (Fsp3) is 0.312. The van der Waals surface area contributed by atoms with E-state index in [-0.39, 0.29) is 18.9 Å². The monoisotopic (exact) mass is 368 g/mol. The number of anilines is 1. The van der Waals surface area contributed by atoms with Crippen molar-refractivity contribution in [3.63, 3.8) is 0 Å². The maximum atomic E-state index is 12.6. The number of hydrogen-bond donors (Lipinski definition) is 1. The number of para-hydroxylation sites is 1. The molecule has 0 aliphatic rings. The summed E-state index contributed by atoms with van der Waals surface area (Å²) in [6, 6.07) is 6.74. The Bertz CT molecular complexity index is 929. The number of nitrogens with one attached hydrogen (secondary N) is 1. The Hall–Kier alpha value is -2.42. The van der Waals surface area contributed by atoms with Crippen LogP contribution in [0.3, 0.4) is 0 Å². The highest BCUT2D eigenvalue weighted by Crippen LogP contribution is 2.29. The third kappa shape index (κ3) is 3.81. The molecule has 0 fully saturated rings. The number of aryl methyl sites for hydroxylation is 3. The van der Waals surface area contributed by atoms with Crippen molar-refractivity contribution in [1.29, 1.82) is 0 Å². The zero-order chi connectivity index (χ0) is 18.2. The first-order valence-corrected chi connectivity index (χ1v) is 8.33. The number of hydrogen-bond acceptors (Lipinski definition) is 4. The molecule has 0 atom stereocenters. The van der Waals surface area contributed by atoms with E-state index in [1.54, 1.807) is 0 Å². The molecule has 0 bridgehead atoms. The first kappa shape index (κ1) is 17.4. The molecule has 3 aromatic rings. The molecule has 0 radical (unpaired) electrons. The van der Waals surface area contributed by atoms with E-state index in [0.29, 0.717) is 10.8 Å². The van der Waals surface area contributed by atoms with Gasteiger partial charge in [0, 0.05) is 18.7 Å². The van der Waals surface area contributed by atoms with Crippen LogP contribution in [0, 0.1) is 13.8 Å². The number of benzene rings is 1. The molecule has 25 heavy (non-hydrogen) atoms. The van der Waals surface area contributed by atoms with Gasteiger partial charge >= 0.3 is 6.18 Å². The van der Waals surface area contributed by atoms with E-state index in [0.717, 1.165) is 21.8 Å². The molecule has 0 unspecified atom stereocenters. The standard InChI is InChI=1S/C16H15F3N4OS/c1-9-4-3-5-11-14(9)21-15(25-11)20-13(24)6-7-23-10(2)8-12(22-23)16(17,18)19/h3-5,8H,6-7H2,1-2H3,(H,20,21,24). The van der Waals surface area contributed by atoms with Gasteiger partial charge in [-0.1, -0.05) is 23.5 Å². The molecule has 132 valence electrons. The van der Waals surface area contributed by atoms with Gasteiger partial charge in [0.2, 0.25) is 5.91 Å². The number of aromatic nitrogens is 3. The number of alkyl halides is 3. The first-order chi connectivity index (χ1) is 11.7. The fourth-order valence-corrected chi connectivity index (χ4v) is 3.36. The molecular weight excluding hydrogens is 353 g/mol. The SMILES string of the molecule is Cc1cccc2sc(NC(=O)CCn3nc(C(F)(F)F)cc3C)nc12. The third-order valence-electron chi connectivity index (χ3n) is 3.69. The normalized spacial score (nSPS) is 11.9. The molecule has 1 aromatic carbocycles. The van der Waals surface area contributed by atoms with Gasteiger partial charge < -0.3 is 5.32 Å². The van der Waals surface area contributed by atoms with Gasteiger partial charge in [-0.15, -0.1) is 0 Å². The summed E-state index contributed by atoms with van der Waals surface area (Å²) in [4.78, 5) is 16.4. The van der Waals surface area contributed by atoms with Gasteiger partial charge in [0.25, 0.3) is 0 Å². The van der Waals surface area contributed by atoms with Crippen molar-refractivity contribution in [2.45, 2.75) is 33.0 Å². The molecular formula is C16H15F3N4OS. The quantitative estimate of drug-likeness (QED) is 0.752. The van der Waals surface area contributed by atoms with Gasteiger partial charge in [-0.25, -0.2) is 4.98 Å². The van der Waals surface area contributed by atoms with Gasteiger partial charge in [-0.3, -0.25) is 9.48 Å². The molecule has 5 nitrogen and oxygen atoms in total. The van der Waals surface area contributed by atoms with Crippen molar-refractivity contribution in [1.82, 2.24) is 14.8 Å². The number of rotatable bonds is 4. The van der Waals surface area contributed by atoms with Crippen molar-refractivity contribution >= 4 is 32.6 Å². The lowest BCUT2D eigenvalue weighted by atomic mass is 10.2. The molecule has 0 saturated heterocycles. The Kier molecular flexibility index (Phi) is 4.51. The average Bonchev–Trinajstić information content (AvgIpc) is 3.09. The molecule has 0 aliphatic heterocycles. The number of nitrogens with zero attached hydrogens (tertiary/aromatic N) is 3. The fourth-order valence-electron chi connectivity index (χ4n) is 2.40. The molecule has 1 amide bonds. The van der Waals surface area contributed by atoms with Gasteiger partial charge in [0.1, 0.15) is 0 Å². The Morgan fingerprint density at radius 3 is 2.72 bits per heavy atom. The zero-order valence-electron chi connectivity index (χ0n) is 13.5.